The molecule has 1 aliphatic heterocycles. The second-order valence-electron chi connectivity index (χ2n) is 6.75. The molecule has 1 fully saturated rings. The van der Waals surface area contributed by atoms with E-state index in [2.05, 4.69) is 4.98 Å². The predicted molar refractivity (Wildman–Crippen MR) is 112 cm³/mol. The second-order valence-corrected chi connectivity index (χ2v) is 10.4. The average molecular weight is 457 g/mol. The summed E-state index contributed by atoms with van der Waals surface area (Å²) < 4.78 is 28.6. The highest BCUT2D eigenvalue weighted by Gasteiger charge is 2.34. The number of aromatic nitrogens is 1. The first-order valence-corrected chi connectivity index (χ1v) is 12.1. The molecule has 156 valence electrons. The molecule has 1 amide bonds. The highest BCUT2D eigenvalue weighted by molar-refractivity contribution is 7.91. The number of rotatable bonds is 6. The van der Waals surface area contributed by atoms with Gasteiger partial charge in [-0.2, -0.15) is 0 Å². The van der Waals surface area contributed by atoms with Gasteiger partial charge in [-0.25, -0.2) is 18.2 Å². The fraction of sp³-hybridized carbons (Fsp3) is 0.421. The molecule has 0 saturated carbocycles. The van der Waals surface area contributed by atoms with Crippen molar-refractivity contribution >= 4 is 44.7 Å². The molecule has 0 bridgehead atoms. The lowest BCUT2D eigenvalue weighted by atomic mass is 10.2. The Morgan fingerprint density at radius 2 is 2.00 bits per heavy atom. The van der Waals surface area contributed by atoms with Gasteiger partial charge in [-0.05, 0) is 32.4 Å². The number of sulfone groups is 1. The number of nitrogens with zero attached hydrogens (tertiary/aromatic N) is 2. The van der Waals surface area contributed by atoms with Gasteiger partial charge >= 0.3 is 5.97 Å². The molecule has 1 aromatic heterocycles. The van der Waals surface area contributed by atoms with Crippen LogP contribution in [0.3, 0.4) is 0 Å². The number of thiazole rings is 1. The smallest absolute Gasteiger partial charge is 0.350 e. The fourth-order valence-electron chi connectivity index (χ4n) is 3.24. The number of amides is 1. The summed E-state index contributed by atoms with van der Waals surface area (Å²) in [5, 5.41) is 1.26. The topological polar surface area (TPSA) is 93.6 Å². The van der Waals surface area contributed by atoms with Crippen molar-refractivity contribution < 1.29 is 22.7 Å². The van der Waals surface area contributed by atoms with Crippen molar-refractivity contribution in [2.24, 2.45) is 0 Å². The summed E-state index contributed by atoms with van der Waals surface area (Å²) in [5.41, 5.74) is 1.35. The molecule has 0 spiro atoms. The van der Waals surface area contributed by atoms with Crippen LogP contribution < -0.4 is 0 Å². The fourth-order valence-corrected chi connectivity index (χ4v) is 6.06. The van der Waals surface area contributed by atoms with E-state index in [1.165, 1.54) is 16.2 Å². The number of carbonyl (C=O) groups excluding carboxylic acids is 2. The summed E-state index contributed by atoms with van der Waals surface area (Å²) in [7, 11) is -3.11. The largest absolute Gasteiger partial charge is 0.451 e. The van der Waals surface area contributed by atoms with E-state index in [9.17, 15) is 18.0 Å². The molecule has 7 nitrogen and oxygen atoms in total. The number of likely N-dealkylation sites (N-methyl/N-ethyl adjacent to an activating group) is 1. The van der Waals surface area contributed by atoms with Crippen molar-refractivity contribution in [3.8, 4) is 10.6 Å². The van der Waals surface area contributed by atoms with Gasteiger partial charge in [-0.15, -0.1) is 11.3 Å². The number of aryl methyl sites for hydroxylation is 1. The number of halogens is 1. The van der Waals surface area contributed by atoms with Gasteiger partial charge in [0.1, 0.15) is 9.88 Å². The predicted octanol–water partition coefficient (Wildman–Crippen LogP) is 2.96. The molecule has 0 aliphatic carbocycles. The number of hydrogen-bond acceptors (Lipinski definition) is 7. The summed E-state index contributed by atoms with van der Waals surface area (Å²) in [6.07, 6.45) is 0.411. The van der Waals surface area contributed by atoms with Crippen molar-refractivity contribution in [2.75, 3.05) is 24.7 Å². The molecule has 1 saturated heterocycles. The number of esters is 1. The molecule has 0 N–H and O–H groups in total. The summed E-state index contributed by atoms with van der Waals surface area (Å²) in [6.45, 7) is 3.40. The van der Waals surface area contributed by atoms with Gasteiger partial charge in [-0.3, -0.25) is 4.79 Å². The molecule has 1 aliphatic rings. The third kappa shape index (κ3) is 5.15. The standard InChI is InChI=1S/C19H21ClN2O5S2/c1-3-22(15-8-9-29(25,26)11-15)16(23)10-27-19(24)17-12(2)21-18(28-17)13-4-6-14(20)7-5-13/h4-7,15H,3,8-11H2,1-2H3/t15-/m1/s1. The van der Waals surface area contributed by atoms with E-state index in [0.29, 0.717) is 33.6 Å². The minimum atomic E-state index is -3.11. The molecule has 10 heteroatoms. The normalized spacial score (nSPS) is 17.8. The van der Waals surface area contributed by atoms with Crippen LogP contribution in [0.2, 0.25) is 5.02 Å². The Labute approximate surface area is 178 Å². The van der Waals surface area contributed by atoms with Gasteiger partial charge in [-0.1, -0.05) is 23.7 Å². The molecule has 1 atom stereocenters. The second kappa shape index (κ2) is 8.81. The maximum atomic E-state index is 12.5. The molecule has 0 unspecified atom stereocenters. The summed E-state index contributed by atoms with van der Waals surface area (Å²) in [4.78, 5) is 31.1. The van der Waals surface area contributed by atoms with Crippen LogP contribution in [0.4, 0.5) is 0 Å². The molecule has 0 radical (unpaired) electrons. The van der Waals surface area contributed by atoms with Crippen LogP contribution in [0.15, 0.2) is 24.3 Å². The quantitative estimate of drug-likeness (QED) is 0.620. The number of hydrogen-bond donors (Lipinski definition) is 0. The van der Waals surface area contributed by atoms with Gasteiger partial charge < -0.3 is 9.64 Å². The Balaban J connectivity index is 1.64. The third-order valence-corrected chi connectivity index (χ3v) is 7.90. The van der Waals surface area contributed by atoms with Gasteiger partial charge in [0.25, 0.3) is 5.91 Å². The molecule has 1 aromatic carbocycles. The number of ether oxygens (including phenoxy) is 1. The van der Waals surface area contributed by atoms with Gasteiger partial charge in [0.15, 0.2) is 16.4 Å². The Morgan fingerprint density at radius 3 is 2.59 bits per heavy atom. The van der Waals surface area contributed by atoms with Gasteiger partial charge in [0.2, 0.25) is 0 Å². The molecular formula is C19H21ClN2O5S2. The van der Waals surface area contributed by atoms with Crippen molar-refractivity contribution in [1.29, 1.82) is 0 Å². The van der Waals surface area contributed by atoms with E-state index in [1.54, 1.807) is 26.0 Å². The van der Waals surface area contributed by atoms with Crippen molar-refractivity contribution in [3.63, 3.8) is 0 Å². The lowest BCUT2D eigenvalue weighted by molar-refractivity contribution is -0.136. The first-order chi connectivity index (χ1) is 13.7. The Kier molecular flexibility index (Phi) is 6.60. The average Bonchev–Trinajstić information content (AvgIpc) is 3.23. The lowest BCUT2D eigenvalue weighted by Crippen LogP contribution is -2.43. The molecule has 2 heterocycles. The number of benzene rings is 1. The van der Waals surface area contributed by atoms with Crippen molar-refractivity contribution in [3.05, 3.63) is 39.9 Å². The van der Waals surface area contributed by atoms with E-state index >= 15 is 0 Å². The van der Waals surface area contributed by atoms with Crippen LogP contribution in [0.1, 0.15) is 28.7 Å². The van der Waals surface area contributed by atoms with Crippen LogP contribution in [0.5, 0.6) is 0 Å². The van der Waals surface area contributed by atoms with Crippen molar-refractivity contribution in [2.45, 2.75) is 26.3 Å². The van der Waals surface area contributed by atoms with E-state index in [1.807, 2.05) is 12.1 Å². The van der Waals surface area contributed by atoms with Crippen LogP contribution >= 0.6 is 22.9 Å². The Morgan fingerprint density at radius 1 is 1.31 bits per heavy atom. The molecular weight excluding hydrogens is 436 g/mol. The SMILES string of the molecule is CCN(C(=O)COC(=O)c1sc(-c2ccc(Cl)cc2)nc1C)[C@@H]1CCS(=O)(=O)C1. The van der Waals surface area contributed by atoms with Crippen molar-refractivity contribution in [1.82, 2.24) is 9.88 Å². The monoisotopic (exact) mass is 456 g/mol. The summed E-state index contributed by atoms with van der Waals surface area (Å²) in [6, 6.07) is 6.75. The minimum absolute atomic E-state index is 0.0427. The Hall–Kier alpha value is -1.97. The van der Waals surface area contributed by atoms with Gasteiger partial charge in [0, 0.05) is 23.2 Å². The zero-order valence-corrected chi connectivity index (χ0v) is 18.4. The zero-order chi connectivity index (χ0) is 21.2. The first-order valence-electron chi connectivity index (χ1n) is 9.10. The van der Waals surface area contributed by atoms with E-state index in [0.717, 1.165) is 5.56 Å². The highest BCUT2D eigenvalue weighted by atomic mass is 35.5. The maximum absolute atomic E-state index is 12.5. The van der Waals surface area contributed by atoms with Crippen LogP contribution in [-0.4, -0.2) is 60.9 Å². The summed E-state index contributed by atoms with van der Waals surface area (Å²) >= 11 is 7.08. The molecule has 29 heavy (non-hydrogen) atoms. The summed E-state index contributed by atoms with van der Waals surface area (Å²) in [5.74, 6) is -0.986. The zero-order valence-electron chi connectivity index (χ0n) is 16.1. The number of carbonyl (C=O) groups is 2. The molecule has 3 rings (SSSR count). The third-order valence-electron chi connectivity index (χ3n) is 4.71. The van der Waals surface area contributed by atoms with Crippen LogP contribution in [0, 0.1) is 6.92 Å². The minimum Gasteiger partial charge on any atom is -0.451 e. The molecule has 2 aromatic rings. The first kappa shape index (κ1) is 21.7. The van der Waals surface area contributed by atoms with Crippen LogP contribution in [-0.2, 0) is 19.4 Å². The Bertz CT molecular complexity index is 1020. The van der Waals surface area contributed by atoms with Crippen LogP contribution in [0.25, 0.3) is 10.6 Å². The van der Waals surface area contributed by atoms with E-state index in [4.69, 9.17) is 16.3 Å². The van der Waals surface area contributed by atoms with E-state index < -0.39 is 28.3 Å². The highest BCUT2D eigenvalue weighted by Crippen LogP contribution is 2.29. The maximum Gasteiger partial charge on any atom is 0.350 e. The van der Waals surface area contributed by atoms with E-state index in [-0.39, 0.29) is 17.5 Å². The lowest BCUT2D eigenvalue weighted by Gasteiger charge is -2.26. The van der Waals surface area contributed by atoms with Gasteiger partial charge in [0.05, 0.1) is 17.2 Å².